The lowest BCUT2D eigenvalue weighted by Gasteiger charge is -2.34. The van der Waals surface area contributed by atoms with Gasteiger partial charge in [-0.2, -0.15) is 0 Å². The zero-order valence-corrected chi connectivity index (χ0v) is 15.1. The van der Waals surface area contributed by atoms with Gasteiger partial charge < -0.3 is 14.5 Å². The number of methoxy groups -OCH3 is 1. The van der Waals surface area contributed by atoms with Gasteiger partial charge in [0.1, 0.15) is 11.4 Å². The van der Waals surface area contributed by atoms with E-state index in [1.807, 2.05) is 42.6 Å². The number of fused-ring (bicyclic) bond motifs is 1. The third-order valence-corrected chi connectivity index (χ3v) is 4.90. The summed E-state index contributed by atoms with van der Waals surface area (Å²) in [6.45, 7) is 3.99. The van der Waals surface area contributed by atoms with Gasteiger partial charge in [-0.15, -0.1) is 0 Å². The van der Waals surface area contributed by atoms with Crippen LogP contribution in [0.15, 0.2) is 53.5 Å². The van der Waals surface area contributed by atoms with E-state index >= 15 is 0 Å². The molecular weight excluding hydrogens is 328 g/mol. The average molecular weight is 350 g/mol. The lowest BCUT2D eigenvalue weighted by molar-refractivity contribution is 0.313. The first-order chi connectivity index (χ1) is 12.6. The predicted molar refractivity (Wildman–Crippen MR) is 103 cm³/mol. The summed E-state index contributed by atoms with van der Waals surface area (Å²) >= 11 is 0. The van der Waals surface area contributed by atoms with Crippen molar-refractivity contribution in [3.05, 3.63) is 59.0 Å². The van der Waals surface area contributed by atoms with Crippen LogP contribution in [0.5, 0.6) is 5.75 Å². The lowest BCUT2D eigenvalue weighted by atomic mass is 10.1. The molecule has 6 heteroatoms. The molecule has 134 valence electrons. The van der Waals surface area contributed by atoms with E-state index < -0.39 is 0 Å². The van der Waals surface area contributed by atoms with Gasteiger partial charge in [0.2, 0.25) is 0 Å². The normalized spacial score (nSPS) is 15.4. The first kappa shape index (κ1) is 16.6. The first-order valence-corrected chi connectivity index (χ1v) is 8.75. The highest BCUT2D eigenvalue weighted by atomic mass is 16.5. The van der Waals surface area contributed by atoms with E-state index in [1.54, 1.807) is 17.6 Å². The summed E-state index contributed by atoms with van der Waals surface area (Å²) in [5.74, 6) is 0.781. The third kappa shape index (κ3) is 3.15. The van der Waals surface area contributed by atoms with Crippen LogP contribution in [0, 0.1) is 0 Å². The molecule has 0 atom stereocenters. The fourth-order valence-corrected chi connectivity index (χ4v) is 3.25. The molecule has 2 aromatic heterocycles. The van der Waals surface area contributed by atoms with Crippen LogP contribution in [0.1, 0.15) is 0 Å². The maximum Gasteiger partial charge on any atom is 0.258 e. The van der Waals surface area contributed by atoms with Gasteiger partial charge in [0.05, 0.1) is 18.5 Å². The highest BCUT2D eigenvalue weighted by Gasteiger charge is 2.15. The van der Waals surface area contributed by atoms with Crippen LogP contribution in [-0.2, 0) is 0 Å². The van der Waals surface area contributed by atoms with E-state index in [4.69, 9.17) is 4.74 Å². The Morgan fingerprint density at radius 2 is 1.73 bits per heavy atom. The van der Waals surface area contributed by atoms with Gasteiger partial charge in [-0.3, -0.25) is 9.20 Å². The number of aromatic nitrogens is 2. The molecule has 0 unspecified atom stereocenters. The van der Waals surface area contributed by atoms with Gasteiger partial charge in [0.15, 0.2) is 0 Å². The molecule has 1 aliphatic heterocycles. The molecule has 0 N–H and O–H groups in total. The van der Waals surface area contributed by atoms with Crippen LogP contribution >= 0.6 is 0 Å². The van der Waals surface area contributed by atoms with Crippen molar-refractivity contribution in [2.45, 2.75) is 0 Å². The molecular formula is C20H22N4O2. The van der Waals surface area contributed by atoms with Crippen molar-refractivity contribution < 1.29 is 4.74 Å². The van der Waals surface area contributed by atoms with Crippen LogP contribution in [0.25, 0.3) is 16.9 Å². The number of piperazine rings is 1. The Hall–Kier alpha value is -2.86. The molecule has 0 aliphatic carbocycles. The molecule has 1 saturated heterocycles. The van der Waals surface area contributed by atoms with Crippen molar-refractivity contribution in [2.24, 2.45) is 0 Å². The van der Waals surface area contributed by atoms with Crippen LogP contribution < -0.4 is 15.2 Å². The van der Waals surface area contributed by atoms with E-state index in [0.29, 0.717) is 11.3 Å². The summed E-state index contributed by atoms with van der Waals surface area (Å²) in [7, 11) is 3.76. The highest BCUT2D eigenvalue weighted by molar-refractivity contribution is 5.63. The van der Waals surface area contributed by atoms with Gasteiger partial charge in [-0.05, 0) is 43.4 Å². The molecule has 6 nitrogen and oxygen atoms in total. The summed E-state index contributed by atoms with van der Waals surface area (Å²) in [5, 5.41) is 0. The summed E-state index contributed by atoms with van der Waals surface area (Å²) in [6.07, 6.45) is 1.90. The van der Waals surface area contributed by atoms with Gasteiger partial charge in [0, 0.05) is 44.0 Å². The average Bonchev–Trinajstić information content (AvgIpc) is 2.68. The minimum absolute atomic E-state index is 0.0724. The van der Waals surface area contributed by atoms with Crippen molar-refractivity contribution in [1.29, 1.82) is 0 Å². The molecule has 0 amide bonds. The zero-order valence-electron chi connectivity index (χ0n) is 15.1. The Labute approximate surface area is 152 Å². The number of pyridine rings is 1. The number of hydrogen-bond donors (Lipinski definition) is 0. The Balaban J connectivity index is 1.69. The zero-order chi connectivity index (χ0) is 18.1. The molecule has 1 aliphatic rings. The van der Waals surface area contributed by atoms with E-state index in [-0.39, 0.29) is 5.56 Å². The molecule has 0 spiro atoms. The second kappa shape index (κ2) is 6.80. The Morgan fingerprint density at radius 3 is 2.42 bits per heavy atom. The molecule has 1 aromatic carbocycles. The van der Waals surface area contributed by atoms with Crippen molar-refractivity contribution in [3.8, 4) is 17.0 Å². The van der Waals surface area contributed by atoms with Gasteiger partial charge in [0.25, 0.3) is 5.56 Å². The fourth-order valence-electron chi connectivity index (χ4n) is 3.25. The van der Waals surface area contributed by atoms with E-state index in [2.05, 4.69) is 21.8 Å². The smallest absolute Gasteiger partial charge is 0.258 e. The van der Waals surface area contributed by atoms with E-state index in [1.165, 1.54) is 0 Å². The molecule has 0 bridgehead atoms. The minimum Gasteiger partial charge on any atom is -0.497 e. The Bertz CT molecular complexity index is 973. The predicted octanol–water partition coefficient (Wildman–Crippen LogP) is 2.12. The van der Waals surface area contributed by atoms with E-state index in [0.717, 1.165) is 43.2 Å². The van der Waals surface area contributed by atoms with Gasteiger partial charge >= 0.3 is 0 Å². The van der Waals surface area contributed by atoms with E-state index in [9.17, 15) is 4.79 Å². The second-order valence-electron chi connectivity index (χ2n) is 6.61. The minimum atomic E-state index is -0.0724. The number of nitrogens with zero attached hydrogens (tertiary/aromatic N) is 4. The standard InChI is InChI=1S/C20H22N4O2/c1-22-9-11-23(12-10-22)16-5-8-19-21-18(13-20(25)24(19)14-16)15-3-6-17(26-2)7-4-15/h3-8,13-14H,9-12H2,1-2H3. The fraction of sp³-hybridized carbons (Fsp3) is 0.300. The van der Waals surface area contributed by atoms with Crippen LogP contribution in [0.2, 0.25) is 0 Å². The number of anilines is 1. The lowest BCUT2D eigenvalue weighted by Crippen LogP contribution is -2.44. The third-order valence-electron chi connectivity index (χ3n) is 4.90. The van der Waals surface area contributed by atoms with Crippen molar-refractivity contribution in [1.82, 2.24) is 14.3 Å². The van der Waals surface area contributed by atoms with Crippen LogP contribution in [0.3, 0.4) is 0 Å². The second-order valence-corrected chi connectivity index (χ2v) is 6.61. The number of rotatable bonds is 3. The SMILES string of the molecule is COc1ccc(-c2cc(=O)n3cc(N4CCN(C)CC4)ccc3n2)cc1. The number of ether oxygens (including phenoxy) is 1. The highest BCUT2D eigenvalue weighted by Crippen LogP contribution is 2.21. The molecule has 3 heterocycles. The molecule has 3 aromatic rings. The molecule has 1 fully saturated rings. The number of benzene rings is 1. The molecule has 0 saturated carbocycles. The van der Waals surface area contributed by atoms with Gasteiger partial charge in [-0.25, -0.2) is 4.98 Å². The molecule has 26 heavy (non-hydrogen) atoms. The summed E-state index contributed by atoms with van der Waals surface area (Å²) < 4.78 is 6.81. The van der Waals surface area contributed by atoms with Crippen molar-refractivity contribution in [2.75, 3.05) is 45.2 Å². The van der Waals surface area contributed by atoms with Gasteiger partial charge in [-0.1, -0.05) is 0 Å². The number of hydrogen-bond acceptors (Lipinski definition) is 5. The monoisotopic (exact) mass is 350 g/mol. The molecule has 0 radical (unpaired) electrons. The largest absolute Gasteiger partial charge is 0.497 e. The molecule has 4 rings (SSSR count). The quantitative estimate of drug-likeness (QED) is 0.724. The van der Waals surface area contributed by atoms with Crippen molar-refractivity contribution >= 4 is 11.3 Å². The Kier molecular flexibility index (Phi) is 4.34. The first-order valence-electron chi connectivity index (χ1n) is 8.75. The Morgan fingerprint density at radius 1 is 1.00 bits per heavy atom. The van der Waals surface area contributed by atoms with Crippen LogP contribution in [0.4, 0.5) is 5.69 Å². The summed E-state index contributed by atoms with van der Waals surface area (Å²) in [5.41, 5.74) is 3.21. The maximum absolute atomic E-state index is 12.7. The summed E-state index contributed by atoms with van der Waals surface area (Å²) in [6, 6.07) is 13.1. The maximum atomic E-state index is 12.7. The van der Waals surface area contributed by atoms with Crippen LogP contribution in [-0.4, -0.2) is 54.6 Å². The van der Waals surface area contributed by atoms with Crippen molar-refractivity contribution in [3.63, 3.8) is 0 Å². The topological polar surface area (TPSA) is 50.1 Å². The number of likely N-dealkylation sites (N-methyl/N-ethyl adjacent to an activating group) is 1. The summed E-state index contributed by atoms with van der Waals surface area (Å²) in [4.78, 5) is 21.9.